The molecule has 6 amide bonds. The standard InChI is InChI=1S/C69H81N5O15/c1-42(2)52(34-50(75)13-9-7-10-28-71-62(77)24-25-63(71)78)64(79)70-43(3)57(76)31-44-14-16-45(17-15-44)40-89-68(83)74-55-37-61(59(86-6)36-54(55)66(81)73-41-69(26-27-69)38-56(73)67(74)82)88-30-12-8-11-29-87-60-33-47-18-21-49-32-48(46-19-22-51(84-4)23-20-46)39-72(49)65(80)53(47)35-58(60)85-5/h14-17,19-20,22-25,33,35-37,39,42-43,49,52,56,67,82H,7-13,18,21,26-32,34,38,40-41H2,1-6H3,(H,70,79)/t43-,49+,52+,56-,67?/m0/s1. The maximum atomic E-state index is 14.4. The van der Waals surface area contributed by atoms with Crippen molar-refractivity contribution in [2.45, 2.75) is 148 Å². The Morgan fingerprint density at radius 1 is 0.730 bits per heavy atom. The lowest BCUT2D eigenvalue weighted by Crippen LogP contribution is -2.50. The third-order valence-electron chi connectivity index (χ3n) is 18.3. The van der Waals surface area contributed by atoms with Crippen molar-refractivity contribution in [3.63, 3.8) is 0 Å². The molecule has 1 saturated heterocycles. The van der Waals surface area contributed by atoms with Crippen LogP contribution < -0.4 is 33.9 Å². The average Bonchev–Trinajstić information content (AvgIpc) is 1.62. The van der Waals surface area contributed by atoms with Crippen LogP contribution in [-0.4, -0.2) is 139 Å². The molecular formula is C69H81N5O15. The number of ketones is 2. The number of nitrogens with one attached hydrogen (secondary N) is 1. The predicted molar refractivity (Wildman–Crippen MR) is 330 cm³/mol. The molecule has 4 aromatic rings. The lowest BCUT2D eigenvalue weighted by Gasteiger charge is -2.31. The number of rotatable bonds is 28. The van der Waals surface area contributed by atoms with E-state index < -0.39 is 30.3 Å². The summed E-state index contributed by atoms with van der Waals surface area (Å²) in [4.78, 5) is 112. The van der Waals surface area contributed by atoms with Crippen molar-refractivity contribution in [3.8, 4) is 28.7 Å². The molecule has 20 nitrogen and oxygen atoms in total. The number of benzene rings is 4. The van der Waals surface area contributed by atoms with Crippen molar-refractivity contribution in [2.75, 3.05) is 52.5 Å². The summed E-state index contributed by atoms with van der Waals surface area (Å²) in [5.41, 5.74) is 5.16. The summed E-state index contributed by atoms with van der Waals surface area (Å²) in [6.45, 7) is 6.54. The fraction of sp³-hybridized carbons (Fsp3) is 0.478. The van der Waals surface area contributed by atoms with Gasteiger partial charge in [-0.3, -0.25) is 38.5 Å². The molecule has 4 aromatic carbocycles. The van der Waals surface area contributed by atoms with E-state index in [1.165, 1.54) is 24.2 Å². The highest BCUT2D eigenvalue weighted by molar-refractivity contribution is 6.13. The number of unbranched alkanes of at least 4 members (excludes halogenated alkanes) is 4. The molecule has 0 bridgehead atoms. The van der Waals surface area contributed by atoms with Gasteiger partial charge in [0.05, 0.1) is 57.9 Å². The van der Waals surface area contributed by atoms with Gasteiger partial charge in [-0.15, -0.1) is 0 Å². The first-order valence-corrected chi connectivity index (χ1v) is 31.2. The van der Waals surface area contributed by atoms with Gasteiger partial charge in [-0.1, -0.05) is 56.7 Å². The summed E-state index contributed by atoms with van der Waals surface area (Å²) in [6, 6.07) is 20.2. The van der Waals surface area contributed by atoms with Gasteiger partial charge in [-0.05, 0) is 147 Å². The van der Waals surface area contributed by atoms with Crippen molar-refractivity contribution in [2.24, 2.45) is 17.3 Å². The lowest BCUT2D eigenvalue weighted by molar-refractivity contribution is -0.137. The second-order valence-corrected chi connectivity index (χ2v) is 24.7. The minimum Gasteiger partial charge on any atom is -0.497 e. The van der Waals surface area contributed by atoms with Crippen molar-refractivity contribution in [1.29, 1.82) is 0 Å². The number of amides is 6. The molecule has 0 aromatic heterocycles. The van der Waals surface area contributed by atoms with Crippen LogP contribution in [-0.2, 0) is 48.2 Å². The smallest absolute Gasteiger partial charge is 0.416 e. The number of carbonyl (C=O) groups excluding carboxylic acids is 8. The average molecular weight is 1220 g/mol. The Bertz CT molecular complexity index is 3390. The van der Waals surface area contributed by atoms with Gasteiger partial charge in [0, 0.05) is 74.3 Å². The van der Waals surface area contributed by atoms with E-state index in [9.17, 15) is 43.5 Å². The summed E-state index contributed by atoms with van der Waals surface area (Å²) >= 11 is 0. The van der Waals surface area contributed by atoms with E-state index in [0.29, 0.717) is 98.6 Å². The number of aliphatic hydroxyl groups excluding tert-OH is 1. The Hall–Kier alpha value is -8.52. The number of ether oxygens (including phenoxy) is 6. The van der Waals surface area contributed by atoms with Gasteiger partial charge in [0.2, 0.25) is 5.91 Å². The van der Waals surface area contributed by atoms with Crippen LogP contribution in [0, 0.1) is 17.3 Å². The van der Waals surface area contributed by atoms with Gasteiger partial charge in [0.25, 0.3) is 23.6 Å². The molecule has 6 aliphatic rings. The normalized spacial score (nSPS) is 19.4. The first kappa shape index (κ1) is 63.5. The van der Waals surface area contributed by atoms with Gasteiger partial charge in [-0.2, -0.15) is 0 Å². The Morgan fingerprint density at radius 2 is 1.38 bits per heavy atom. The number of methoxy groups -OCH3 is 3. The topological polar surface area (TPSA) is 237 Å². The Labute approximate surface area is 519 Å². The van der Waals surface area contributed by atoms with Crippen LogP contribution in [0.5, 0.6) is 28.7 Å². The van der Waals surface area contributed by atoms with E-state index in [1.807, 2.05) is 55.3 Å². The van der Waals surface area contributed by atoms with Gasteiger partial charge < -0.3 is 48.6 Å². The molecule has 89 heavy (non-hydrogen) atoms. The highest BCUT2D eigenvalue weighted by atomic mass is 16.6. The van der Waals surface area contributed by atoms with E-state index in [-0.39, 0.29) is 108 Å². The van der Waals surface area contributed by atoms with Gasteiger partial charge in [-0.25, -0.2) is 9.69 Å². The number of aryl methyl sites for hydroxylation is 1. The third kappa shape index (κ3) is 14.5. The van der Waals surface area contributed by atoms with Crippen LogP contribution in [0.15, 0.2) is 91.1 Å². The summed E-state index contributed by atoms with van der Waals surface area (Å²) in [5, 5.41) is 15.0. The number of aliphatic hydroxyl groups is 1. The van der Waals surface area contributed by atoms with E-state index >= 15 is 0 Å². The van der Waals surface area contributed by atoms with E-state index in [2.05, 4.69) is 5.32 Å². The van der Waals surface area contributed by atoms with Crippen molar-refractivity contribution < 1.29 is 71.9 Å². The molecule has 1 saturated carbocycles. The van der Waals surface area contributed by atoms with Crippen LogP contribution in [0.3, 0.4) is 0 Å². The number of hydrogen-bond donors (Lipinski definition) is 2. The van der Waals surface area contributed by atoms with Crippen LogP contribution >= 0.6 is 0 Å². The quantitative estimate of drug-likeness (QED) is 0.0398. The first-order chi connectivity index (χ1) is 42.9. The van der Waals surface area contributed by atoms with Crippen molar-refractivity contribution in [1.82, 2.24) is 20.0 Å². The minimum absolute atomic E-state index is 0.00728. The second-order valence-electron chi connectivity index (χ2n) is 24.7. The molecule has 1 aliphatic carbocycles. The zero-order chi connectivity index (χ0) is 63.1. The molecule has 1 unspecified atom stereocenters. The number of nitrogens with zero attached hydrogens (tertiary/aromatic N) is 4. The van der Waals surface area contributed by atoms with E-state index in [4.69, 9.17) is 28.4 Å². The van der Waals surface area contributed by atoms with Crippen LogP contribution in [0.25, 0.3) is 5.57 Å². The molecule has 472 valence electrons. The summed E-state index contributed by atoms with van der Waals surface area (Å²) in [6.07, 6.45) is 10.9. The number of carbonyl (C=O) groups is 8. The predicted octanol–water partition coefficient (Wildman–Crippen LogP) is 9.35. The highest BCUT2D eigenvalue weighted by Gasteiger charge is 2.58. The lowest BCUT2D eigenvalue weighted by atomic mass is 9.88. The molecule has 0 radical (unpaired) electrons. The van der Waals surface area contributed by atoms with Gasteiger partial charge >= 0.3 is 6.09 Å². The second kappa shape index (κ2) is 27.9. The van der Waals surface area contributed by atoms with Crippen molar-refractivity contribution >= 4 is 58.5 Å². The number of Topliss-reactive ketones (excluding diaryl/α,β-unsaturated/α-hetero) is 2. The van der Waals surface area contributed by atoms with Crippen LogP contribution in [0.1, 0.15) is 147 Å². The summed E-state index contributed by atoms with van der Waals surface area (Å²) in [7, 11) is 4.68. The molecule has 1 spiro atoms. The Balaban J connectivity index is 0.712. The van der Waals surface area contributed by atoms with Gasteiger partial charge in [0.15, 0.2) is 35.0 Å². The van der Waals surface area contributed by atoms with Crippen LogP contribution in [0.4, 0.5) is 10.5 Å². The van der Waals surface area contributed by atoms with E-state index in [1.54, 1.807) is 68.5 Å². The molecule has 10 rings (SSSR count). The van der Waals surface area contributed by atoms with Crippen molar-refractivity contribution in [3.05, 3.63) is 125 Å². The number of hydrogen-bond acceptors (Lipinski definition) is 15. The summed E-state index contributed by atoms with van der Waals surface area (Å²) in [5.74, 6) is -0.132. The molecule has 5 heterocycles. The maximum absolute atomic E-state index is 14.4. The number of anilines is 1. The zero-order valence-electron chi connectivity index (χ0n) is 51.7. The zero-order valence-corrected chi connectivity index (χ0v) is 51.7. The molecule has 2 N–H and O–H groups in total. The van der Waals surface area contributed by atoms with E-state index in [0.717, 1.165) is 59.5 Å². The highest BCUT2D eigenvalue weighted by Crippen LogP contribution is 2.57. The summed E-state index contributed by atoms with van der Waals surface area (Å²) < 4.78 is 35.3. The number of fused-ring (bicyclic) bond motifs is 4. The molecule has 2 fully saturated rings. The molecular weight excluding hydrogens is 1140 g/mol. The van der Waals surface area contributed by atoms with Gasteiger partial charge in [0.1, 0.15) is 18.1 Å². The fourth-order valence-corrected chi connectivity index (χ4v) is 12.7. The maximum Gasteiger partial charge on any atom is 0.416 e. The minimum atomic E-state index is -1.43. The fourth-order valence-electron chi connectivity index (χ4n) is 12.7. The molecule has 5 aliphatic heterocycles. The molecule has 20 heteroatoms. The Kier molecular flexibility index (Phi) is 19.9. The monoisotopic (exact) mass is 1220 g/mol. The number of imide groups is 1. The third-order valence-corrected chi connectivity index (χ3v) is 18.3. The first-order valence-electron chi connectivity index (χ1n) is 31.2. The van der Waals surface area contributed by atoms with Crippen LogP contribution in [0.2, 0.25) is 0 Å². The molecule has 5 atom stereocenters. The Morgan fingerprint density at radius 3 is 2.03 bits per heavy atom. The SMILES string of the molecule is COc1ccc(C2=CN3C(=O)c4cc(OC)c(OCCCCCOc5cc6c(cc5OC)C(=O)N5CC7(CC7)C[C@H]5C(O)N6C(=O)OCc5ccc(CC(=O)[C@H](C)NC(=O)[C@H](CC(=O)CCCCCN6C(=O)C=CC6=O)C(C)C)cc5)cc4CC[C@@H]3C2)cc1. The largest absolute Gasteiger partial charge is 0.497 e.